The maximum atomic E-state index is 8.96. The minimum absolute atomic E-state index is 0.300. The maximum absolute atomic E-state index is 8.96. The highest BCUT2D eigenvalue weighted by Crippen LogP contribution is 2.22. The van der Waals surface area contributed by atoms with Crippen LogP contribution in [0.5, 0.6) is 0 Å². The van der Waals surface area contributed by atoms with E-state index in [-0.39, 0.29) is 0 Å². The van der Waals surface area contributed by atoms with E-state index in [9.17, 15) is 0 Å². The molecule has 0 aromatic heterocycles. The molecule has 2 rings (SSSR count). The third-order valence-electron chi connectivity index (χ3n) is 3.77. The van der Waals surface area contributed by atoms with E-state index in [1.54, 1.807) is 0 Å². The van der Waals surface area contributed by atoms with E-state index in [1.807, 2.05) is 12.1 Å². The van der Waals surface area contributed by atoms with Crippen LogP contribution in [0.1, 0.15) is 29.5 Å². The number of aliphatic hydroxyl groups is 1. The molecule has 1 saturated heterocycles. The Morgan fingerprint density at radius 3 is 3.00 bits per heavy atom. The summed E-state index contributed by atoms with van der Waals surface area (Å²) in [6.07, 6.45) is 2.11. The highest BCUT2D eigenvalue weighted by molar-refractivity contribution is 5.37. The monoisotopic (exact) mass is 244 g/mol. The van der Waals surface area contributed by atoms with Gasteiger partial charge in [0.2, 0.25) is 0 Å². The fraction of sp³-hybridized carbons (Fsp3) is 0.533. The molecule has 0 spiro atoms. The number of hydrogen-bond acceptors (Lipinski definition) is 3. The first kappa shape index (κ1) is 13.1. The van der Waals surface area contributed by atoms with E-state index in [2.05, 4.69) is 24.0 Å². The van der Waals surface area contributed by atoms with Gasteiger partial charge in [-0.1, -0.05) is 6.07 Å². The first-order valence-electron chi connectivity index (χ1n) is 6.55. The molecule has 0 radical (unpaired) electrons. The number of aryl methyl sites for hydroxylation is 1. The molecule has 0 aliphatic carbocycles. The summed E-state index contributed by atoms with van der Waals surface area (Å²) >= 11 is 0. The van der Waals surface area contributed by atoms with Gasteiger partial charge in [-0.3, -0.25) is 4.90 Å². The van der Waals surface area contributed by atoms with Crippen LogP contribution >= 0.6 is 0 Å². The Bertz CT molecular complexity index is 450. The van der Waals surface area contributed by atoms with E-state index in [4.69, 9.17) is 10.4 Å². The highest BCUT2D eigenvalue weighted by atomic mass is 16.3. The number of hydrogen-bond donors (Lipinski definition) is 1. The lowest BCUT2D eigenvalue weighted by Crippen LogP contribution is -2.20. The smallest absolute Gasteiger partial charge is 0.0991 e. The molecule has 1 unspecified atom stereocenters. The third-order valence-corrected chi connectivity index (χ3v) is 3.77. The van der Waals surface area contributed by atoms with Crippen LogP contribution in [0.3, 0.4) is 0 Å². The Balaban J connectivity index is 1.96. The normalized spacial score (nSPS) is 19.9. The van der Waals surface area contributed by atoms with Gasteiger partial charge in [-0.25, -0.2) is 0 Å². The van der Waals surface area contributed by atoms with Crippen molar-refractivity contribution in [1.82, 2.24) is 4.90 Å². The van der Waals surface area contributed by atoms with Crippen molar-refractivity contribution in [3.05, 3.63) is 34.9 Å². The van der Waals surface area contributed by atoms with Crippen molar-refractivity contribution < 1.29 is 5.11 Å². The summed E-state index contributed by atoms with van der Waals surface area (Å²) < 4.78 is 0. The molecule has 96 valence electrons. The van der Waals surface area contributed by atoms with Crippen LogP contribution in [0.4, 0.5) is 0 Å². The Hall–Kier alpha value is -1.37. The fourth-order valence-corrected chi connectivity index (χ4v) is 2.66. The zero-order valence-corrected chi connectivity index (χ0v) is 10.9. The van der Waals surface area contributed by atoms with Crippen LogP contribution in [0, 0.1) is 24.2 Å². The number of aliphatic hydroxyl groups excluding tert-OH is 1. The molecule has 0 bridgehead atoms. The molecule has 18 heavy (non-hydrogen) atoms. The average Bonchev–Trinajstić information content (AvgIpc) is 2.80. The van der Waals surface area contributed by atoms with Gasteiger partial charge in [0.25, 0.3) is 0 Å². The second-order valence-electron chi connectivity index (χ2n) is 5.16. The Morgan fingerprint density at radius 2 is 2.33 bits per heavy atom. The Labute approximate surface area is 109 Å². The summed E-state index contributed by atoms with van der Waals surface area (Å²) in [6.45, 7) is 5.52. The van der Waals surface area contributed by atoms with Crippen LogP contribution in [0.2, 0.25) is 0 Å². The summed E-state index contributed by atoms with van der Waals surface area (Å²) in [5.74, 6) is 0.647. The molecule has 1 aromatic rings. The molecule has 0 amide bonds. The van der Waals surface area contributed by atoms with Crippen molar-refractivity contribution in [2.45, 2.75) is 26.3 Å². The van der Waals surface area contributed by atoms with Crippen LogP contribution in [0.15, 0.2) is 18.2 Å². The molecule has 1 aliphatic rings. The van der Waals surface area contributed by atoms with Crippen molar-refractivity contribution in [1.29, 1.82) is 5.26 Å². The van der Waals surface area contributed by atoms with Gasteiger partial charge in [-0.15, -0.1) is 0 Å². The largest absolute Gasteiger partial charge is 0.396 e. The lowest BCUT2D eigenvalue weighted by atomic mass is 10.0. The van der Waals surface area contributed by atoms with Crippen LogP contribution in [0.25, 0.3) is 0 Å². The summed E-state index contributed by atoms with van der Waals surface area (Å²) in [5, 5.41) is 17.8. The van der Waals surface area contributed by atoms with Crippen molar-refractivity contribution in [3.8, 4) is 6.07 Å². The van der Waals surface area contributed by atoms with Gasteiger partial charge in [0.05, 0.1) is 11.6 Å². The molecular weight excluding hydrogens is 224 g/mol. The summed E-state index contributed by atoms with van der Waals surface area (Å²) in [7, 11) is 0. The average molecular weight is 244 g/mol. The number of nitrogens with zero attached hydrogens (tertiary/aromatic N) is 2. The first-order chi connectivity index (χ1) is 8.72. The summed E-state index contributed by atoms with van der Waals surface area (Å²) in [4.78, 5) is 2.44. The van der Waals surface area contributed by atoms with Gasteiger partial charge in [-0.2, -0.15) is 5.26 Å². The fourth-order valence-electron chi connectivity index (χ4n) is 2.66. The van der Waals surface area contributed by atoms with Crippen LogP contribution < -0.4 is 0 Å². The van der Waals surface area contributed by atoms with Crippen molar-refractivity contribution in [2.24, 2.45) is 5.92 Å². The minimum atomic E-state index is 0.300. The Kier molecular flexibility index (Phi) is 4.35. The highest BCUT2D eigenvalue weighted by Gasteiger charge is 2.22. The lowest BCUT2D eigenvalue weighted by Gasteiger charge is -2.17. The molecule has 3 heteroatoms. The van der Waals surface area contributed by atoms with Gasteiger partial charge >= 0.3 is 0 Å². The van der Waals surface area contributed by atoms with Gasteiger partial charge in [0.15, 0.2) is 0 Å². The maximum Gasteiger partial charge on any atom is 0.0991 e. The number of rotatable bonds is 4. The SMILES string of the molecule is Cc1cc(C#N)ccc1CN1CCC(CCO)C1. The second-order valence-corrected chi connectivity index (χ2v) is 5.16. The minimum Gasteiger partial charge on any atom is -0.396 e. The van der Waals surface area contributed by atoms with Gasteiger partial charge < -0.3 is 5.11 Å². The van der Waals surface area contributed by atoms with Crippen LogP contribution in [-0.2, 0) is 6.54 Å². The topological polar surface area (TPSA) is 47.3 Å². The molecular formula is C15H20N2O. The zero-order valence-electron chi connectivity index (χ0n) is 10.9. The van der Waals surface area contributed by atoms with Gasteiger partial charge in [-0.05, 0) is 55.5 Å². The lowest BCUT2D eigenvalue weighted by molar-refractivity contribution is 0.249. The predicted octanol–water partition coefficient (Wildman–Crippen LogP) is 2.07. The van der Waals surface area contributed by atoms with E-state index in [0.29, 0.717) is 12.5 Å². The molecule has 1 aliphatic heterocycles. The predicted molar refractivity (Wildman–Crippen MR) is 71.0 cm³/mol. The van der Waals surface area contributed by atoms with Crippen molar-refractivity contribution in [3.63, 3.8) is 0 Å². The summed E-state index contributed by atoms with van der Waals surface area (Å²) in [5.41, 5.74) is 3.23. The van der Waals surface area contributed by atoms with E-state index in [0.717, 1.165) is 31.6 Å². The number of benzene rings is 1. The molecule has 1 aromatic carbocycles. The van der Waals surface area contributed by atoms with E-state index >= 15 is 0 Å². The van der Waals surface area contributed by atoms with Gasteiger partial charge in [0.1, 0.15) is 0 Å². The second kappa shape index (κ2) is 5.99. The van der Waals surface area contributed by atoms with Crippen molar-refractivity contribution >= 4 is 0 Å². The third kappa shape index (κ3) is 3.10. The molecule has 0 saturated carbocycles. The molecule has 3 nitrogen and oxygen atoms in total. The standard InChI is InChI=1S/C15H20N2O/c1-12-8-14(9-16)2-3-15(12)11-17-6-4-13(10-17)5-7-18/h2-3,8,13,18H,4-7,10-11H2,1H3. The van der Waals surface area contributed by atoms with Crippen LogP contribution in [-0.4, -0.2) is 29.7 Å². The summed E-state index contributed by atoms with van der Waals surface area (Å²) in [6, 6.07) is 8.08. The number of nitriles is 1. The van der Waals surface area contributed by atoms with E-state index in [1.165, 1.54) is 17.5 Å². The quantitative estimate of drug-likeness (QED) is 0.882. The molecule has 1 heterocycles. The molecule has 1 N–H and O–H groups in total. The van der Waals surface area contributed by atoms with Gasteiger partial charge in [0, 0.05) is 19.7 Å². The zero-order chi connectivity index (χ0) is 13.0. The number of likely N-dealkylation sites (tertiary alicyclic amines) is 1. The van der Waals surface area contributed by atoms with Crippen molar-refractivity contribution in [2.75, 3.05) is 19.7 Å². The first-order valence-corrected chi connectivity index (χ1v) is 6.55. The van der Waals surface area contributed by atoms with E-state index < -0.39 is 0 Å². The molecule has 1 atom stereocenters. The molecule has 1 fully saturated rings. The Morgan fingerprint density at radius 1 is 1.50 bits per heavy atom.